The van der Waals surface area contributed by atoms with Crippen molar-refractivity contribution in [2.75, 3.05) is 12.9 Å². The van der Waals surface area contributed by atoms with Crippen LogP contribution in [0.3, 0.4) is 0 Å². The van der Waals surface area contributed by atoms with E-state index in [1.54, 1.807) is 11.8 Å². The summed E-state index contributed by atoms with van der Waals surface area (Å²) in [5.41, 5.74) is 0.722. The van der Waals surface area contributed by atoms with Crippen molar-refractivity contribution >= 4 is 17.5 Å². The van der Waals surface area contributed by atoms with Crippen molar-refractivity contribution in [2.24, 2.45) is 23.2 Å². The predicted molar refractivity (Wildman–Crippen MR) is 102 cm³/mol. The average molecular weight is 385 g/mol. The van der Waals surface area contributed by atoms with Crippen LogP contribution in [0, 0.1) is 23.2 Å². The third-order valence-corrected chi connectivity index (χ3v) is 7.64. The second-order valence-electron chi connectivity index (χ2n) is 8.45. The molecule has 0 aliphatic heterocycles. The minimum absolute atomic E-state index is 0.0650. The van der Waals surface area contributed by atoms with Crippen molar-refractivity contribution in [1.29, 1.82) is 0 Å². The van der Waals surface area contributed by atoms with E-state index in [1.165, 1.54) is 31.0 Å². The maximum Gasteiger partial charge on any atom is 0.214 e. The zero-order valence-corrected chi connectivity index (χ0v) is 16.3. The Bertz CT molecular complexity index is 830. The van der Waals surface area contributed by atoms with E-state index >= 15 is 0 Å². The van der Waals surface area contributed by atoms with Crippen LogP contribution in [-0.4, -0.2) is 38.9 Å². The lowest BCUT2D eigenvalue weighted by Crippen LogP contribution is -2.50. The van der Waals surface area contributed by atoms with Crippen molar-refractivity contribution < 1.29 is 9.53 Å². The summed E-state index contributed by atoms with van der Waals surface area (Å²) < 4.78 is 7.08. The summed E-state index contributed by atoms with van der Waals surface area (Å²) in [5.74, 6) is 3.90. The number of nitrogens with zero attached hydrogens (tertiary/aromatic N) is 4. The molecule has 0 spiro atoms. The maximum atomic E-state index is 13.2. The van der Waals surface area contributed by atoms with Crippen LogP contribution in [0.5, 0.6) is 5.75 Å². The van der Waals surface area contributed by atoms with E-state index in [1.807, 2.05) is 24.3 Å². The molecule has 0 N–H and O–H groups in total. The van der Waals surface area contributed by atoms with Crippen LogP contribution >= 0.6 is 11.8 Å². The number of tetrazole rings is 1. The van der Waals surface area contributed by atoms with Gasteiger partial charge in [0.25, 0.3) is 0 Å². The summed E-state index contributed by atoms with van der Waals surface area (Å²) in [4.78, 5) is 13.2. The number of aromatic nitrogens is 4. The number of hydrogen-bond donors (Lipinski definition) is 0. The molecule has 6 rings (SSSR count). The summed E-state index contributed by atoms with van der Waals surface area (Å²) in [6.45, 7) is 0. The highest BCUT2D eigenvalue weighted by Crippen LogP contribution is 2.60. The fraction of sp³-hybridized carbons (Fsp3) is 0.600. The topological polar surface area (TPSA) is 69.9 Å². The molecular formula is C20H24N4O2S. The quantitative estimate of drug-likeness (QED) is 0.710. The fourth-order valence-electron chi connectivity index (χ4n) is 5.96. The Balaban J connectivity index is 1.33. The molecule has 6 nitrogen and oxygen atoms in total. The fourth-order valence-corrected chi connectivity index (χ4v) is 6.88. The number of Topliss-reactive ketones (excluding diaryl/α,β-unsaturated/α-hetero) is 1. The number of methoxy groups -OCH3 is 1. The first kappa shape index (κ1) is 17.2. The van der Waals surface area contributed by atoms with Gasteiger partial charge in [0.2, 0.25) is 5.16 Å². The Hall–Kier alpha value is -1.89. The van der Waals surface area contributed by atoms with E-state index in [0.29, 0.717) is 22.4 Å². The number of para-hydroxylation sites is 2. The van der Waals surface area contributed by atoms with Gasteiger partial charge in [-0.05, 0) is 78.8 Å². The molecule has 4 aliphatic carbocycles. The van der Waals surface area contributed by atoms with E-state index in [9.17, 15) is 4.79 Å². The van der Waals surface area contributed by atoms with Crippen LogP contribution in [0.25, 0.3) is 5.69 Å². The lowest BCUT2D eigenvalue weighted by Gasteiger charge is -2.56. The molecule has 0 saturated heterocycles. The first-order chi connectivity index (χ1) is 13.2. The Labute approximate surface area is 163 Å². The highest BCUT2D eigenvalue weighted by molar-refractivity contribution is 7.99. The van der Waals surface area contributed by atoms with Gasteiger partial charge in [-0.1, -0.05) is 23.9 Å². The molecule has 1 aromatic heterocycles. The molecule has 4 aliphatic rings. The summed E-state index contributed by atoms with van der Waals surface area (Å²) in [6, 6.07) is 7.64. The van der Waals surface area contributed by atoms with Gasteiger partial charge in [0.05, 0.1) is 12.9 Å². The minimum Gasteiger partial charge on any atom is -0.494 e. The minimum atomic E-state index is -0.0650. The molecule has 2 aromatic rings. The van der Waals surface area contributed by atoms with Gasteiger partial charge < -0.3 is 4.74 Å². The van der Waals surface area contributed by atoms with Crippen LogP contribution < -0.4 is 4.74 Å². The van der Waals surface area contributed by atoms with E-state index in [-0.39, 0.29) is 5.41 Å². The van der Waals surface area contributed by atoms with Crippen LogP contribution in [0.15, 0.2) is 29.4 Å². The Kier molecular flexibility index (Phi) is 4.22. The average Bonchev–Trinajstić information content (AvgIpc) is 3.13. The van der Waals surface area contributed by atoms with E-state index in [4.69, 9.17) is 4.74 Å². The molecule has 27 heavy (non-hydrogen) atoms. The van der Waals surface area contributed by atoms with Gasteiger partial charge in [-0.15, -0.1) is 5.10 Å². The van der Waals surface area contributed by atoms with Crippen molar-refractivity contribution in [1.82, 2.24) is 20.2 Å². The van der Waals surface area contributed by atoms with Gasteiger partial charge in [-0.25, -0.2) is 0 Å². The molecular weight excluding hydrogens is 360 g/mol. The van der Waals surface area contributed by atoms with Gasteiger partial charge in [0, 0.05) is 5.41 Å². The number of carbonyl (C=O) groups is 1. The molecule has 1 aromatic carbocycles. The lowest BCUT2D eigenvalue weighted by molar-refractivity contribution is -0.141. The van der Waals surface area contributed by atoms with Gasteiger partial charge in [-0.2, -0.15) is 4.68 Å². The lowest BCUT2D eigenvalue weighted by atomic mass is 9.48. The Morgan fingerprint density at radius 1 is 1.19 bits per heavy atom. The number of rotatable bonds is 6. The Morgan fingerprint density at radius 2 is 1.85 bits per heavy atom. The number of benzene rings is 1. The van der Waals surface area contributed by atoms with Crippen LogP contribution in [0.2, 0.25) is 0 Å². The summed E-state index contributed by atoms with van der Waals surface area (Å²) in [5, 5.41) is 12.7. The van der Waals surface area contributed by atoms with Gasteiger partial charge in [0.1, 0.15) is 17.2 Å². The number of thioether (sulfide) groups is 1. The number of ketones is 1. The monoisotopic (exact) mass is 384 g/mol. The van der Waals surface area contributed by atoms with Crippen molar-refractivity contribution in [3.63, 3.8) is 0 Å². The highest BCUT2D eigenvalue weighted by atomic mass is 32.2. The highest BCUT2D eigenvalue weighted by Gasteiger charge is 2.54. The van der Waals surface area contributed by atoms with Crippen LogP contribution in [-0.2, 0) is 4.79 Å². The van der Waals surface area contributed by atoms with Crippen molar-refractivity contribution in [3.8, 4) is 11.4 Å². The molecule has 142 valence electrons. The zero-order valence-electron chi connectivity index (χ0n) is 15.5. The maximum absolute atomic E-state index is 13.2. The number of carbonyl (C=O) groups excluding carboxylic acids is 1. The summed E-state index contributed by atoms with van der Waals surface area (Å²) in [6.07, 6.45) is 7.38. The molecule has 0 amide bonds. The van der Waals surface area contributed by atoms with E-state index < -0.39 is 0 Å². The largest absolute Gasteiger partial charge is 0.494 e. The summed E-state index contributed by atoms with van der Waals surface area (Å²) >= 11 is 1.45. The van der Waals surface area contributed by atoms with Crippen molar-refractivity contribution in [2.45, 2.75) is 43.7 Å². The van der Waals surface area contributed by atoms with Crippen molar-refractivity contribution in [3.05, 3.63) is 24.3 Å². The molecule has 7 heteroatoms. The van der Waals surface area contributed by atoms with Gasteiger partial charge >= 0.3 is 0 Å². The molecule has 1 heterocycles. The van der Waals surface area contributed by atoms with Gasteiger partial charge in [-0.3, -0.25) is 4.79 Å². The molecule has 4 bridgehead atoms. The normalized spacial score (nSPS) is 31.2. The number of hydrogen-bond acceptors (Lipinski definition) is 6. The zero-order chi connectivity index (χ0) is 18.4. The first-order valence-electron chi connectivity index (χ1n) is 9.75. The van der Waals surface area contributed by atoms with Crippen LogP contribution in [0.4, 0.5) is 0 Å². The second-order valence-corrected chi connectivity index (χ2v) is 9.40. The smallest absolute Gasteiger partial charge is 0.214 e. The van der Waals surface area contributed by atoms with E-state index in [0.717, 1.165) is 42.7 Å². The molecule has 0 unspecified atom stereocenters. The second kappa shape index (κ2) is 6.62. The van der Waals surface area contributed by atoms with E-state index in [2.05, 4.69) is 15.5 Å². The number of ether oxygens (including phenoxy) is 1. The first-order valence-corrected chi connectivity index (χ1v) is 10.7. The third kappa shape index (κ3) is 2.96. The summed E-state index contributed by atoms with van der Waals surface area (Å²) in [7, 11) is 1.63. The van der Waals surface area contributed by atoms with Crippen LogP contribution in [0.1, 0.15) is 38.5 Å². The molecule has 0 radical (unpaired) electrons. The third-order valence-electron chi connectivity index (χ3n) is 6.72. The predicted octanol–water partition coefficient (Wildman–Crippen LogP) is 3.55. The van der Waals surface area contributed by atoms with Gasteiger partial charge in [0.15, 0.2) is 0 Å². The molecule has 0 atom stereocenters. The molecule has 4 saturated carbocycles. The Morgan fingerprint density at radius 3 is 2.52 bits per heavy atom. The SMILES string of the molecule is COc1ccccc1-n1nnnc1SCC(=O)C12CC3CC(CC(C3)C1)C2. The molecule has 4 fully saturated rings. The standard InChI is InChI=1S/C20H24N4O2S/c1-26-17-5-3-2-4-16(17)24-19(21-22-23-24)27-12-18(25)20-9-13-6-14(10-20)8-15(7-13)11-20/h2-5,13-15H,6-12H2,1H3.